The molecule has 3 aliphatic rings. The van der Waals surface area contributed by atoms with E-state index in [1.165, 1.54) is 5.57 Å². The Morgan fingerprint density at radius 1 is 1.05 bits per heavy atom. The Hall–Kier alpha value is -4.24. The second kappa shape index (κ2) is 11.8. The van der Waals surface area contributed by atoms with E-state index < -0.39 is 0 Å². The number of aromatic nitrogens is 2. The highest BCUT2D eigenvalue weighted by molar-refractivity contribution is 6.12. The van der Waals surface area contributed by atoms with Crippen LogP contribution in [0.1, 0.15) is 61.1 Å². The first-order valence-electron chi connectivity index (χ1n) is 15.1. The van der Waals surface area contributed by atoms with Crippen LogP contribution in [0, 0.1) is 18.7 Å². The molecule has 1 aromatic heterocycles. The number of rotatable bonds is 6. The highest BCUT2D eigenvalue weighted by Crippen LogP contribution is 2.33. The number of hydrogen-bond donors (Lipinski definition) is 3. The number of fused-ring (bicyclic) bond motifs is 2. The lowest BCUT2D eigenvalue weighted by molar-refractivity contribution is -0.116. The molecule has 0 spiro atoms. The molecular weight excluding hydrogens is 541 g/mol. The molecule has 3 heterocycles. The number of anilines is 1. The van der Waals surface area contributed by atoms with Gasteiger partial charge in [0.1, 0.15) is 17.2 Å². The molecule has 1 fully saturated rings. The van der Waals surface area contributed by atoms with E-state index in [2.05, 4.69) is 56.8 Å². The van der Waals surface area contributed by atoms with Crippen LogP contribution < -0.4 is 10.7 Å². The molecule has 0 bridgehead atoms. The predicted octanol–water partition coefficient (Wildman–Crippen LogP) is 5.46. The van der Waals surface area contributed by atoms with E-state index in [-0.39, 0.29) is 17.6 Å². The van der Waals surface area contributed by atoms with E-state index in [0.717, 1.165) is 66.4 Å². The van der Waals surface area contributed by atoms with Crippen molar-refractivity contribution in [3.63, 3.8) is 0 Å². The van der Waals surface area contributed by atoms with Crippen molar-refractivity contribution in [2.75, 3.05) is 38.5 Å². The molecule has 224 valence electrons. The molecule has 1 saturated heterocycles. The number of hydrazone groups is 1. The lowest BCUT2D eigenvalue weighted by Gasteiger charge is -2.35. The van der Waals surface area contributed by atoms with Crippen molar-refractivity contribution in [2.24, 2.45) is 11.0 Å². The van der Waals surface area contributed by atoms with Gasteiger partial charge < -0.3 is 25.5 Å². The van der Waals surface area contributed by atoms with Crippen LogP contribution in [0.4, 0.5) is 10.1 Å². The van der Waals surface area contributed by atoms with Crippen molar-refractivity contribution in [3.8, 4) is 11.1 Å². The van der Waals surface area contributed by atoms with Crippen LogP contribution in [0.15, 0.2) is 53.2 Å². The summed E-state index contributed by atoms with van der Waals surface area (Å²) in [5, 5.41) is 7.66. The fourth-order valence-electron chi connectivity index (χ4n) is 6.04. The van der Waals surface area contributed by atoms with E-state index in [0.29, 0.717) is 41.3 Å². The summed E-state index contributed by atoms with van der Waals surface area (Å²) in [6.07, 6.45) is 5.58. The number of nitrogens with zero attached hydrogens (tertiary/aromatic N) is 4. The molecule has 8 nitrogen and oxygen atoms in total. The van der Waals surface area contributed by atoms with Gasteiger partial charge >= 0.3 is 0 Å². The number of amides is 1. The first-order valence-corrected chi connectivity index (χ1v) is 15.1. The number of likely N-dealkylation sites (N-methyl/N-ethyl adjacent to an activating group) is 1. The monoisotopic (exact) mass is 581 g/mol. The summed E-state index contributed by atoms with van der Waals surface area (Å²) < 4.78 is 15.6. The molecule has 0 saturated carbocycles. The number of piperazine rings is 1. The fraction of sp³-hybridized carbons (Fsp3) is 0.382. The second-order valence-corrected chi connectivity index (χ2v) is 12.5. The van der Waals surface area contributed by atoms with Crippen molar-refractivity contribution in [1.82, 2.24) is 25.2 Å². The molecule has 0 radical (unpaired) electrons. The summed E-state index contributed by atoms with van der Waals surface area (Å²) >= 11 is 0. The average Bonchev–Trinajstić information content (AvgIpc) is 3.28. The van der Waals surface area contributed by atoms with Gasteiger partial charge in [-0.2, -0.15) is 5.10 Å². The minimum absolute atomic E-state index is 0.0504. The van der Waals surface area contributed by atoms with Gasteiger partial charge in [-0.15, -0.1) is 0 Å². The number of allylic oxidation sites excluding steroid dienone is 3. The van der Waals surface area contributed by atoms with Crippen LogP contribution in [0.5, 0.6) is 0 Å². The molecule has 0 atom stereocenters. The summed E-state index contributed by atoms with van der Waals surface area (Å²) in [6, 6.07) is 9.15. The Bertz CT molecular complexity index is 1660. The Balaban J connectivity index is 1.36. The summed E-state index contributed by atoms with van der Waals surface area (Å²) in [4.78, 5) is 25.9. The van der Waals surface area contributed by atoms with E-state index in [4.69, 9.17) is 4.98 Å². The number of imidazole rings is 1. The number of H-pyrrole nitrogens is 1. The molecule has 1 amide bonds. The summed E-state index contributed by atoms with van der Waals surface area (Å²) in [5.74, 6) is 0.545. The maximum Gasteiger partial charge on any atom is 0.224 e. The van der Waals surface area contributed by atoms with Gasteiger partial charge in [-0.3, -0.25) is 4.79 Å². The third-order valence-electron chi connectivity index (χ3n) is 8.25. The molecule has 2 aromatic carbocycles. The van der Waals surface area contributed by atoms with Crippen molar-refractivity contribution in [2.45, 2.75) is 47.1 Å². The van der Waals surface area contributed by atoms with Crippen LogP contribution in [0.3, 0.4) is 0 Å². The average molecular weight is 582 g/mol. The predicted molar refractivity (Wildman–Crippen MR) is 170 cm³/mol. The first kappa shape index (κ1) is 28.9. The SMILES string of the molecule is CC1=CC=C(N2CCN(C)CC2)c2nc(C3=NNCc4cc(F)c(-c5cc(C)cc(NC(=O)CC(C)C)c5)cc43)[nH]c2C1. The molecule has 1 aliphatic carbocycles. The van der Waals surface area contributed by atoms with Crippen LogP contribution in [0.2, 0.25) is 0 Å². The number of carbonyl (C=O) groups is 1. The van der Waals surface area contributed by atoms with Crippen molar-refractivity contribution >= 4 is 23.0 Å². The van der Waals surface area contributed by atoms with Crippen LogP contribution in [0.25, 0.3) is 16.8 Å². The molecule has 0 unspecified atom stereocenters. The molecule has 3 N–H and O–H groups in total. The number of hydrogen-bond acceptors (Lipinski definition) is 6. The molecule has 43 heavy (non-hydrogen) atoms. The van der Waals surface area contributed by atoms with Crippen LogP contribution in [-0.2, 0) is 17.8 Å². The Kier molecular flexibility index (Phi) is 7.92. The normalized spacial score (nSPS) is 16.9. The largest absolute Gasteiger partial charge is 0.367 e. The van der Waals surface area contributed by atoms with Gasteiger partial charge in [-0.25, -0.2) is 9.37 Å². The number of aryl methyl sites for hydroxylation is 1. The van der Waals surface area contributed by atoms with Crippen LogP contribution in [-0.4, -0.2) is 64.6 Å². The van der Waals surface area contributed by atoms with Gasteiger partial charge in [0.15, 0.2) is 5.82 Å². The van der Waals surface area contributed by atoms with Gasteiger partial charge in [0.25, 0.3) is 0 Å². The zero-order valence-electron chi connectivity index (χ0n) is 25.6. The van der Waals surface area contributed by atoms with Gasteiger partial charge in [0, 0.05) is 61.5 Å². The van der Waals surface area contributed by atoms with Crippen molar-refractivity contribution in [3.05, 3.63) is 87.8 Å². The summed E-state index contributed by atoms with van der Waals surface area (Å²) in [5.41, 5.74) is 12.5. The van der Waals surface area contributed by atoms with Crippen molar-refractivity contribution < 1.29 is 9.18 Å². The summed E-state index contributed by atoms with van der Waals surface area (Å²) in [7, 11) is 2.16. The topological polar surface area (TPSA) is 88.7 Å². The van der Waals surface area contributed by atoms with Gasteiger partial charge in [0.05, 0.1) is 12.2 Å². The van der Waals surface area contributed by atoms with Crippen molar-refractivity contribution in [1.29, 1.82) is 0 Å². The van der Waals surface area contributed by atoms with E-state index in [1.54, 1.807) is 6.07 Å². The Morgan fingerprint density at radius 2 is 1.84 bits per heavy atom. The molecule has 2 aliphatic heterocycles. The lowest BCUT2D eigenvalue weighted by atomic mass is 9.93. The maximum atomic E-state index is 15.6. The van der Waals surface area contributed by atoms with Crippen LogP contribution >= 0.6 is 0 Å². The van der Waals surface area contributed by atoms with E-state index in [9.17, 15) is 4.79 Å². The number of carbonyl (C=O) groups excluding carboxylic acids is 1. The third-order valence-corrected chi connectivity index (χ3v) is 8.25. The standard InChI is InChI=1S/C34H40FN7O/c1-20(2)12-31(43)37-25-14-22(4)13-23(16-25)26-18-27-24(17-28(26)35)19-36-40-32(27)34-38-29-15-21(3)6-7-30(33(29)39-34)42-10-8-41(5)9-11-42/h6-7,13-14,16-18,20,36H,8-12,15,19H2,1-5H3,(H,37,43)(H,38,39). The summed E-state index contributed by atoms with van der Waals surface area (Å²) in [6.45, 7) is 12.4. The third kappa shape index (κ3) is 6.13. The number of halogens is 1. The molecule has 6 rings (SSSR count). The minimum atomic E-state index is -0.317. The fourth-order valence-corrected chi connectivity index (χ4v) is 6.04. The Morgan fingerprint density at radius 3 is 2.60 bits per heavy atom. The molecule has 3 aromatic rings. The quantitative estimate of drug-likeness (QED) is 0.360. The number of benzene rings is 2. The zero-order chi connectivity index (χ0) is 30.2. The zero-order valence-corrected chi connectivity index (χ0v) is 25.6. The first-order chi connectivity index (χ1) is 20.6. The smallest absolute Gasteiger partial charge is 0.224 e. The number of nitrogens with one attached hydrogen (secondary N) is 3. The van der Waals surface area contributed by atoms with E-state index in [1.807, 2.05) is 45.0 Å². The molecule has 9 heteroatoms. The second-order valence-electron chi connectivity index (χ2n) is 12.5. The Labute approximate surface area is 252 Å². The molecular formula is C34H40FN7O. The van der Waals surface area contributed by atoms with Gasteiger partial charge in [0.2, 0.25) is 5.91 Å². The highest BCUT2D eigenvalue weighted by Gasteiger charge is 2.27. The highest BCUT2D eigenvalue weighted by atomic mass is 19.1. The lowest BCUT2D eigenvalue weighted by Crippen LogP contribution is -2.43. The maximum absolute atomic E-state index is 15.6. The van der Waals surface area contributed by atoms with Gasteiger partial charge in [-0.05, 0) is 73.8 Å². The number of aromatic amines is 1. The van der Waals surface area contributed by atoms with Gasteiger partial charge in [-0.1, -0.05) is 31.6 Å². The van der Waals surface area contributed by atoms with E-state index >= 15 is 4.39 Å². The minimum Gasteiger partial charge on any atom is -0.367 e.